The van der Waals surface area contributed by atoms with Crippen LogP contribution >= 0.6 is 0 Å². The van der Waals surface area contributed by atoms with Crippen molar-refractivity contribution < 1.29 is 13.7 Å². The Morgan fingerprint density at radius 2 is 2.30 bits per heavy atom. The van der Waals surface area contributed by atoms with E-state index in [1.54, 1.807) is 18.2 Å². The number of benzene rings is 1. The lowest BCUT2D eigenvalue weighted by Gasteiger charge is -2.05. The van der Waals surface area contributed by atoms with E-state index in [0.29, 0.717) is 21.7 Å². The van der Waals surface area contributed by atoms with Crippen molar-refractivity contribution in [3.05, 3.63) is 18.2 Å². The van der Waals surface area contributed by atoms with Gasteiger partial charge in [-0.2, -0.15) is 0 Å². The number of imidazole rings is 1. The monoisotopic (exact) mass is 313 g/mol. The summed E-state index contributed by atoms with van der Waals surface area (Å²) in [4.78, 5) is 18.8. The summed E-state index contributed by atoms with van der Waals surface area (Å²) >= 11 is 5.17. The lowest BCUT2D eigenvalue weighted by atomic mass is 10.3. The average molecular weight is 313 g/mol. The summed E-state index contributed by atoms with van der Waals surface area (Å²) in [5.41, 5.74) is 1.32. The number of aromatic nitrogens is 2. The number of anilines is 1. The van der Waals surface area contributed by atoms with Gasteiger partial charge in [-0.25, -0.2) is 9.78 Å². The van der Waals surface area contributed by atoms with Gasteiger partial charge in [0.1, 0.15) is 0 Å². The Hall–Kier alpha value is -1.67. The molecule has 0 aliphatic heterocycles. The van der Waals surface area contributed by atoms with Gasteiger partial charge in [0.05, 0.1) is 26.6 Å². The van der Waals surface area contributed by atoms with Crippen LogP contribution in [0.1, 0.15) is 13.3 Å². The molecule has 1 heterocycles. The molecule has 0 aliphatic carbocycles. The first-order valence-corrected chi connectivity index (χ1v) is 8.69. The van der Waals surface area contributed by atoms with Crippen molar-refractivity contribution in [3.63, 3.8) is 0 Å². The minimum atomic E-state index is -2.45. The van der Waals surface area contributed by atoms with Gasteiger partial charge in [0.15, 0.2) is 0 Å². The van der Waals surface area contributed by atoms with E-state index in [2.05, 4.69) is 20.0 Å². The van der Waals surface area contributed by atoms with E-state index in [1.807, 2.05) is 6.92 Å². The van der Waals surface area contributed by atoms with Gasteiger partial charge in [0.25, 0.3) is 0 Å². The van der Waals surface area contributed by atoms with Crippen LogP contribution < -0.4 is 5.32 Å². The van der Waals surface area contributed by atoms with Gasteiger partial charge in [-0.05, 0) is 35.8 Å². The van der Waals surface area contributed by atoms with Gasteiger partial charge >= 0.3 is 6.09 Å². The molecule has 0 bridgehead atoms. The van der Waals surface area contributed by atoms with Crippen LogP contribution in [0.4, 0.5) is 10.7 Å². The maximum atomic E-state index is 12.4. The molecule has 0 saturated heterocycles. The largest absolute Gasteiger partial charge is 0.453 e. The third kappa shape index (κ3) is 3.07. The Bertz CT molecular complexity index is 737. The Balaban J connectivity index is 2.37. The molecular weight excluding hydrogens is 298 g/mol. The molecule has 6 nitrogen and oxygen atoms in total. The molecule has 2 rings (SSSR count). The predicted octanol–water partition coefficient (Wildman–Crippen LogP) is 2.26. The van der Waals surface area contributed by atoms with Crippen LogP contribution in [0.3, 0.4) is 0 Å². The third-order valence-electron chi connectivity index (χ3n) is 2.69. The molecular formula is C12H15N3O3S2. The molecule has 1 unspecified atom stereocenters. The molecule has 2 N–H and O–H groups in total. The Morgan fingerprint density at radius 1 is 1.55 bits per heavy atom. The Kier molecular flexibility index (Phi) is 4.24. The zero-order valence-electron chi connectivity index (χ0n) is 11.1. The highest BCUT2D eigenvalue weighted by atomic mass is 32.8. The van der Waals surface area contributed by atoms with E-state index >= 15 is 0 Å². The van der Waals surface area contributed by atoms with Gasteiger partial charge < -0.3 is 9.72 Å². The summed E-state index contributed by atoms with van der Waals surface area (Å²) in [6.45, 7) is 1.94. The fraction of sp³-hybridized carbons (Fsp3) is 0.333. The number of amides is 1. The lowest BCUT2D eigenvalue weighted by molar-refractivity contribution is 0.186. The van der Waals surface area contributed by atoms with Crippen LogP contribution in [0.15, 0.2) is 23.1 Å². The van der Waals surface area contributed by atoms with Crippen molar-refractivity contribution in [1.82, 2.24) is 9.97 Å². The molecule has 8 heteroatoms. The summed E-state index contributed by atoms with van der Waals surface area (Å²) in [5, 5.41) is 2.44. The van der Waals surface area contributed by atoms with Crippen molar-refractivity contribution in [1.29, 1.82) is 0 Å². The van der Waals surface area contributed by atoms with E-state index < -0.39 is 14.6 Å². The summed E-state index contributed by atoms with van der Waals surface area (Å²) in [7, 11) is -1.18. The van der Waals surface area contributed by atoms with E-state index in [4.69, 9.17) is 11.2 Å². The fourth-order valence-corrected chi connectivity index (χ4v) is 3.93. The Morgan fingerprint density at radius 3 is 2.95 bits per heavy atom. The van der Waals surface area contributed by atoms with Crippen molar-refractivity contribution in [2.24, 2.45) is 0 Å². The molecule has 0 fully saturated rings. The smallest absolute Gasteiger partial charge is 0.413 e. The normalized spacial score (nSPS) is 13.9. The van der Waals surface area contributed by atoms with Crippen molar-refractivity contribution in [3.8, 4) is 0 Å². The van der Waals surface area contributed by atoms with E-state index in [0.717, 1.165) is 6.42 Å². The molecule has 1 aromatic heterocycles. The standard InChI is InChI=1S/C12H15N3O3S2/c1-3-6-20(17,19)8-4-5-9-10(7-8)14-11(13-9)15-12(16)18-2/h4-5,7H,3,6H2,1-2H3,(H2,13,14,15,16). The summed E-state index contributed by atoms with van der Waals surface area (Å²) in [5.74, 6) is 0.741. The summed E-state index contributed by atoms with van der Waals surface area (Å²) < 4.78 is 16.8. The van der Waals surface area contributed by atoms with Crippen LogP contribution in [0.2, 0.25) is 0 Å². The second kappa shape index (κ2) is 5.76. The number of rotatable bonds is 4. The predicted molar refractivity (Wildman–Crippen MR) is 81.1 cm³/mol. The summed E-state index contributed by atoms with van der Waals surface area (Å²) in [6.07, 6.45) is 0.153. The molecule has 2 aromatic rings. The van der Waals surface area contributed by atoms with Crippen LogP contribution in [0.5, 0.6) is 0 Å². The first-order valence-electron chi connectivity index (χ1n) is 6.03. The van der Waals surface area contributed by atoms with Crippen LogP contribution in [-0.4, -0.2) is 33.1 Å². The zero-order chi connectivity index (χ0) is 14.8. The average Bonchev–Trinajstić information content (AvgIpc) is 2.79. The number of ether oxygens (including phenoxy) is 1. The molecule has 20 heavy (non-hydrogen) atoms. The number of hydrogen-bond acceptors (Lipinski definition) is 5. The van der Waals surface area contributed by atoms with Crippen molar-refractivity contribution >= 4 is 42.8 Å². The number of carbonyl (C=O) groups excluding carboxylic acids is 1. The molecule has 0 saturated carbocycles. The highest BCUT2D eigenvalue weighted by Gasteiger charge is 2.12. The number of nitrogens with zero attached hydrogens (tertiary/aromatic N) is 1. The number of fused-ring (bicyclic) bond motifs is 1. The zero-order valence-corrected chi connectivity index (χ0v) is 12.8. The molecule has 1 amide bonds. The molecule has 1 atom stereocenters. The molecule has 108 valence electrons. The second-order valence-corrected chi connectivity index (χ2v) is 7.92. The maximum absolute atomic E-state index is 12.4. The number of methoxy groups -OCH3 is 1. The van der Waals surface area contributed by atoms with Gasteiger partial charge in [0.2, 0.25) is 5.95 Å². The number of aromatic amines is 1. The van der Waals surface area contributed by atoms with Gasteiger partial charge in [-0.15, -0.1) is 0 Å². The molecule has 0 spiro atoms. The first-order chi connectivity index (χ1) is 9.46. The van der Waals surface area contributed by atoms with E-state index in [9.17, 15) is 9.00 Å². The van der Waals surface area contributed by atoms with Gasteiger partial charge in [-0.1, -0.05) is 6.92 Å². The van der Waals surface area contributed by atoms with Crippen LogP contribution in [-0.2, 0) is 24.4 Å². The number of nitrogens with one attached hydrogen (secondary N) is 2. The number of carbonyl (C=O) groups is 1. The fourth-order valence-electron chi connectivity index (χ4n) is 1.78. The quantitative estimate of drug-likeness (QED) is 0.904. The van der Waals surface area contributed by atoms with Crippen LogP contribution in [0, 0.1) is 0 Å². The SMILES string of the molecule is CCCS(=O)(=S)c1ccc2nc(NC(=O)OC)[nH]c2c1. The van der Waals surface area contributed by atoms with Crippen molar-refractivity contribution in [2.45, 2.75) is 18.2 Å². The highest BCUT2D eigenvalue weighted by molar-refractivity contribution is 8.32. The van der Waals surface area contributed by atoms with E-state index in [-0.39, 0.29) is 5.95 Å². The van der Waals surface area contributed by atoms with Gasteiger partial charge in [-0.3, -0.25) is 9.53 Å². The Labute approximate surface area is 121 Å². The highest BCUT2D eigenvalue weighted by Crippen LogP contribution is 2.20. The van der Waals surface area contributed by atoms with Gasteiger partial charge in [0, 0.05) is 10.6 Å². The topological polar surface area (TPSA) is 84.1 Å². The molecule has 0 radical (unpaired) electrons. The summed E-state index contributed by atoms with van der Waals surface area (Å²) in [6, 6.07) is 5.16. The molecule has 1 aromatic carbocycles. The number of hydrogen-bond donors (Lipinski definition) is 2. The van der Waals surface area contributed by atoms with E-state index in [1.165, 1.54) is 7.11 Å². The van der Waals surface area contributed by atoms with Crippen LogP contribution in [0.25, 0.3) is 11.0 Å². The molecule has 0 aliphatic rings. The second-order valence-electron chi connectivity index (χ2n) is 4.20. The van der Waals surface area contributed by atoms with Crippen molar-refractivity contribution in [2.75, 3.05) is 18.2 Å². The first kappa shape index (κ1) is 14.7. The number of H-pyrrole nitrogens is 1. The minimum absolute atomic E-state index is 0.273. The third-order valence-corrected chi connectivity index (χ3v) is 5.69. The maximum Gasteiger partial charge on any atom is 0.413 e. The lowest BCUT2D eigenvalue weighted by Crippen LogP contribution is -2.11. The minimum Gasteiger partial charge on any atom is -0.453 e.